The zero-order valence-electron chi connectivity index (χ0n) is 17.8. The van der Waals surface area contributed by atoms with Crippen LogP contribution >= 0.6 is 0 Å². The van der Waals surface area contributed by atoms with E-state index in [9.17, 15) is 4.79 Å². The normalized spacial score (nSPS) is 21.2. The van der Waals surface area contributed by atoms with Crippen molar-refractivity contribution >= 4 is 14.2 Å². The predicted octanol–water partition coefficient (Wildman–Crippen LogP) is 6.22. The second-order valence-corrected chi connectivity index (χ2v) is 15.4. The SMILES string of the molecule is CC(C)N(C(=O)O/C(=C\[C@@H]1CC1(C)C)[Si](C)(C)C(C)(C)C)C(C)C. The minimum atomic E-state index is -1.91. The van der Waals surface area contributed by atoms with Gasteiger partial charge in [-0.25, -0.2) is 4.79 Å². The molecule has 0 bridgehead atoms. The lowest BCUT2D eigenvalue weighted by Gasteiger charge is -2.39. The highest BCUT2D eigenvalue weighted by atomic mass is 28.3. The average Bonchev–Trinajstić information content (AvgIpc) is 2.92. The van der Waals surface area contributed by atoms with E-state index in [2.05, 4.69) is 53.8 Å². The molecule has 0 heterocycles. The fraction of sp³-hybridized carbons (Fsp3) is 0.850. The van der Waals surface area contributed by atoms with Gasteiger partial charge in [-0.15, -0.1) is 0 Å². The van der Waals surface area contributed by atoms with Gasteiger partial charge in [-0.3, -0.25) is 0 Å². The van der Waals surface area contributed by atoms with Crippen LogP contribution in [0.5, 0.6) is 0 Å². The zero-order valence-corrected chi connectivity index (χ0v) is 18.8. The summed E-state index contributed by atoms with van der Waals surface area (Å²) in [4.78, 5) is 14.7. The Bertz CT molecular complexity index is 490. The highest BCUT2D eigenvalue weighted by Crippen LogP contribution is 2.54. The van der Waals surface area contributed by atoms with Gasteiger partial charge in [-0.1, -0.05) is 47.7 Å². The molecule has 0 radical (unpaired) electrons. The van der Waals surface area contributed by atoms with E-state index in [1.807, 2.05) is 32.6 Å². The fourth-order valence-corrected chi connectivity index (χ4v) is 4.58. The van der Waals surface area contributed by atoms with E-state index in [0.29, 0.717) is 11.3 Å². The van der Waals surface area contributed by atoms with Gasteiger partial charge in [-0.05, 0) is 56.6 Å². The summed E-state index contributed by atoms with van der Waals surface area (Å²) in [5.41, 5.74) is 0.343. The molecule has 0 unspecified atom stereocenters. The molecule has 4 heteroatoms. The van der Waals surface area contributed by atoms with Crippen molar-refractivity contribution in [2.45, 2.75) is 99.0 Å². The van der Waals surface area contributed by atoms with Crippen LogP contribution in [0.4, 0.5) is 4.79 Å². The van der Waals surface area contributed by atoms with E-state index in [-0.39, 0.29) is 23.2 Å². The third-order valence-electron chi connectivity index (χ3n) is 5.95. The van der Waals surface area contributed by atoms with Gasteiger partial charge in [0, 0.05) is 12.1 Å². The van der Waals surface area contributed by atoms with Crippen LogP contribution in [-0.2, 0) is 4.74 Å². The lowest BCUT2D eigenvalue weighted by Crippen LogP contribution is -2.46. The maximum absolute atomic E-state index is 12.9. The fourth-order valence-electron chi connectivity index (χ4n) is 2.88. The standard InChI is InChI=1S/C20H39NO2Si/c1-14(2)21(15(3)4)18(22)23-17(12-16-13-20(16,8)9)24(10,11)19(5,6)7/h12,14-16H,13H2,1-11H3/b17-12+/t16-/m1/s1. The number of hydrogen-bond donors (Lipinski definition) is 0. The van der Waals surface area contributed by atoms with Gasteiger partial charge >= 0.3 is 6.09 Å². The molecule has 1 aliphatic rings. The lowest BCUT2D eigenvalue weighted by molar-refractivity contribution is 0.105. The summed E-state index contributed by atoms with van der Waals surface area (Å²) < 4.78 is 6.08. The molecule has 0 spiro atoms. The molecule has 24 heavy (non-hydrogen) atoms. The van der Waals surface area contributed by atoms with Crippen LogP contribution in [-0.4, -0.2) is 31.2 Å². The Labute approximate surface area is 150 Å². The van der Waals surface area contributed by atoms with Crippen molar-refractivity contribution in [3.63, 3.8) is 0 Å². The second-order valence-electron chi connectivity index (χ2n) is 10.2. The van der Waals surface area contributed by atoms with Gasteiger partial charge in [0.15, 0.2) is 0 Å². The van der Waals surface area contributed by atoms with Crippen LogP contribution in [0.2, 0.25) is 18.1 Å². The number of nitrogens with zero attached hydrogens (tertiary/aromatic N) is 1. The molecule has 3 nitrogen and oxygen atoms in total. The number of hydrogen-bond acceptors (Lipinski definition) is 2. The minimum absolute atomic E-state index is 0.135. The van der Waals surface area contributed by atoms with Gasteiger partial charge in [0.25, 0.3) is 0 Å². The molecule has 0 saturated heterocycles. The number of amides is 1. The molecule has 1 saturated carbocycles. The summed E-state index contributed by atoms with van der Waals surface area (Å²) in [7, 11) is -1.91. The number of ether oxygens (including phenoxy) is 1. The average molecular weight is 354 g/mol. The Balaban J connectivity index is 3.14. The van der Waals surface area contributed by atoms with Crippen molar-refractivity contribution < 1.29 is 9.53 Å². The van der Waals surface area contributed by atoms with E-state index in [0.717, 1.165) is 5.38 Å². The zero-order chi connectivity index (χ0) is 19.1. The topological polar surface area (TPSA) is 29.5 Å². The molecule has 0 aromatic rings. The molecule has 1 aliphatic carbocycles. The third kappa shape index (κ3) is 4.65. The molecule has 1 amide bonds. The molecule has 0 aromatic carbocycles. The molecule has 0 aliphatic heterocycles. The molecule has 0 aromatic heterocycles. The van der Waals surface area contributed by atoms with Crippen LogP contribution in [0.1, 0.15) is 68.7 Å². The number of rotatable bonds is 5. The van der Waals surface area contributed by atoms with Crippen molar-refractivity contribution in [2.24, 2.45) is 11.3 Å². The maximum Gasteiger partial charge on any atom is 0.414 e. The summed E-state index contributed by atoms with van der Waals surface area (Å²) in [6, 6.07) is 0.270. The van der Waals surface area contributed by atoms with E-state index < -0.39 is 8.07 Å². The summed E-state index contributed by atoms with van der Waals surface area (Å²) in [6.07, 6.45) is 3.25. The Morgan fingerprint density at radius 3 is 1.88 bits per heavy atom. The Morgan fingerprint density at radius 1 is 1.17 bits per heavy atom. The van der Waals surface area contributed by atoms with Crippen molar-refractivity contribution in [1.29, 1.82) is 0 Å². The quantitative estimate of drug-likeness (QED) is 0.434. The number of allylic oxidation sites excluding steroid dienone is 1. The van der Waals surface area contributed by atoms with Crippen molar-refractivity contribution in [3.8, 4) is 0 Å². The van der Waals surface area contributed by atoms with Gasteiger partial charge in [0.2, 0.25) is 0 Å². The van der Waals surface area contributed by atoms with Crippen LogP contribution in [0, 0.1) is 11.3 Å². The lowest BCUT2D eigenvalue weighted by atomic mass is 10.1. The summed E-state index contributed by atoms with van der Waals surface area (Å²) in [6.45, 7) is 24.2. The summed E-state index contributed by atoms with van der Waals surface area (Å²) in [5.74, 6) is 0.529. The molecule has 1 rings (SSSR count). The monoisotopic (exact) mass is 353 g/mol. The first kappa shape index (κ1) is 21.3. The largest absolute Gasteiger partial charge is 0.420 e. The highest BCUT2D eigenvalue weighted by Gasteiger charge is 2.48. The molecule has 0 N–H and O–H groups in total. The molecule has 1 fully saturated rings. The van der Waals surface area contributed by atoms with Crippen LogP contribution in [0.15, 0.2) is 11.5 Å². The Hall–Kier alpha value is -0.773. The second kappa shape index (κ2) is 6.85. The molecule has 1 atom stereocenters. The smallest absolute Gasteiger partial charge is 0.414 e. The van der Waals surface area contributed by atoms with Crippen LogP contribution in [0.3, 0.4) is 0 Å². The molecular formula is C20H39NO2Si. The number of carbonyl (C=O) groups excluding carboxylic acids is 1. The Morgan fingerprint density at radius 2 is 1.58 bits per heavy atom. The number of carbonyl (C=O) groups is 1. The summed E-state index contributed by atoms with van der Waals surface area (Å²) >= 11 is 0. The predicted molar refractivity (Wildman–Crippen MR) is 106 cm³/mol. The first-order valence-corrected chi connectivity index (χ1v) is 12.3. The van der Waals surface area contributed by atoms with Crippen LogP contribution in [0.25, 0.3) is 0 Å². The van der Waals surface area contributed by atoms with Crippen molar-refractivity contribution in [1.82, 2.24) is 4.90 Å². The molecule has 140 valence electrons. The van der Waals surface area contributed by atoms with Gasteiger partial charge < -0.3 is 9.64 Å². The first-order valence-electron chi connectivity index (χ1n) is 9.33. The maximum atomic E-state index is 12.9. The molecular weight excluding hydrogens is 314 g/mol. The summed E-state index contributed by atoms with van der Waals surface area (Å²) in [5, 5.41) is 1.10. The van der Waals surface area contributed by atoms with Crippen LogP contribution < -0.4 is 0 Å². The van der Waals surface area contributed by atoms with Gasteiger partial charge in [0.05, 0.1) is 5.38 Å². The van der Waals surface area contributed by atoms with Crippen molar-refractivity contribution in [3.05, 3.63) is 11.5 Å². The minimum Gasteiger partial charge on any atom is -0.420 e. The van der Waals surface area contributed by atoms with E-state index >= 15 is 0 Å². The van der Waals surface area contributed by atoms with E-state index in [4.69, 9.17) is 4.74 Å². The third-order valence-corrected chi connectivity index (χ3v) is 11.2. The Kier molecular flexibility index (Phi) is 6.07. The van der Waals surface area contributed by atoms with Crippen molar-refractivity contribution in [2.75, 3.05) is 0 Å². The van der Waals surface area contributed by atoms with Gasteiger partial charge in [0.1, 0.15) is 8.07 Å². The van der Waals surface area contributed by atoms with E-state index in [1.54, 1.807) is 0 Å². The van der Waals surface area contributed by atoms with E-state index in [1.165, 1.54) is 6.42 Å². The van der Waals surface area contributed by atoms with Gasteiger partial charge in [-0.2, -0.15) is 0 Å². The highest BCUT2D eigenvalue weighted by molar-refractivity contribution is 6.86. The first-order chi connectivity index (χ1) is 10.6.